The predicted octanol–water partition coefficient (Wildman–Crippen LogP) is 4.42. The third kappa shape index (κ3) is 3.17. The molecule has 0 fully saturated rings. The van der Waals surface area contributed by atoms with Gasteiger partial charge in [-0.25, -0.2) is 9.37 Å². The average molecular weight is 271 g/mol. The summed E-state index contributed by atoms with van der Waals surface area (Å²) in [7, 11) is 0. The molecule has 1 aromatic heterocycles. The summed E-state index contributed by atoms with van der Waals surface area (Å²) in [5, 5.41) is 6.57. The number of hydrogen-bond acceptors (Lipinski definition) is 3. The van der Waals surface area contributed by atoms with Gasteiger partial charge in [0.05, 0.1) is 16.7 Å². The number of nitrogens with one attached hydrogen (secondary N) is 1. The van der Waals surface area contributed by atoms with Crippen LogP contribution >= 0.6 is 22.9 Å². The summed E-state index contributed by atoms with van der Waals surface area (Å²) in [4.78, 5) is 4.38. The van der Waals surface area contributed by atoms with Crippen molar-refractivity contribution in [1.29, 1.82) is 0 Å². The van der Waals surface area contributed by atoms with E-state index in [1.165, 1.54) is 12.1 Å². The Hall–Kier alpha value is -1.13. The highest BCUT2D eigenvalue weighted by atomic mass is 35.5. The number of aromatic nitrogens is 1. The monoisotopic (exact) mass is 270 g/mol. The van der Waals surface area contributed by atoms with Crippen LogP contribution in [-0.4, -0.2) is 4.98 Å². The standard InChI is InChI=1S/C12H12ClFN2S/c1-7(12-6-17-8(2)16-12)15-11-4-9(13)3-10(14)5-11/h3-7,15H,1-2H3. The molecule has 17 heavy (non-hydrogen) atoms. The molecule has 0 radical (unpaired) electrons. The summed E-state index contributed by atoms with van der Waals surface area (Å²) in [5.74, 6) is -0.346. The van der Waals surface area contributed by atoms with Gasteiger partial charge in [0.15, 0.2) is 0 Å². The molecule has 0 aliphatic carbocycles. The smallest absolute Gasteiger partial charge is 0.126 e. The molecule has 90 valence electrons. The van der Waals surface area contributed by atoms with Crippen molar-refractivity contribution in [2.75, 3.05) is 5.32 Å². The van der Waals surface area contributed by atoms with Gasteiger partial charge in [0, 0.05) is 16.1 Å². The fraction of sp³-hybridized carbons (Fsp3) is 0.250. The first-order valence-electron chi connectivity index (χ1n) is 5.19. The van der Waals surface area contributed by atoms with Gasteiger partial charge in [-0.15, -0.1) is 11.3 Å². The second kappa shape index (κ2) is 5.02. The molecule has 0 aliphatic heterocycles. The molecule has 0 bridgehead atoms. The molecule has 1 unspecified atom stereocenters. The Morgan fingerprint density at radius 1 is 1.41 bits per heavy atom. The van der Waals surface area contributed by atoms with Crippen LogP contribution in [0.2, 0.25) is 5.02 Å². The van der Waals surface area contributed by atoms with Crippen LogP contribution in [-0.2, 0) is 0 Å². The summed E-state index contributed by atoms with van der Waals surface area (Å²) in [6, 6.07) is 4.42. The Balaban J connectivity index is 2.15. The number of thiazole rings is 1. The molecule has 2 aromatic rings. The van der Waals surface area contributed by atoms with Crippen LogP contribution in [0, 0.1) is 12.7 Å². The summed E-state index contributed by atoms with van der Waals surface area (Å²) in [6.45, 7) is 3.94. The zero-order chi connectivity index (χ0) is 12.4. The fourth-order valence-corrected chi connectivity index (χ4v) is 2.47. The van der Waals surface area contributed by atoms with E-state index >= 15 is 0 Å². The molecular formula is C12H12ClFN2S. The zero-order valence-corrected chi connectivity index (χ0v) is 11.1. The largest absolute Gasteiger partial charge is 0.377 e. The quantitative estimate of drug-likeness (QED) is 0.893. The third-order valence-electron chi connectivity index (χ3n) is 2.33. The summed E-state index contributed by atoms with van der Waals surface area (Å²) in [5.41, 5.74) is 1.61. The highest BCUT2D eigenvalue weighted by molar-refractivity contribution is 7.09. The normalized spacial score (nSPS) is 12.5. The van der Waals surface area contributed by atoms with Gasteiger partial charge in [-0.1, -0.05) is 11.6 Å². The van der Waals surface area contributed by atoms with Crippen molar-refractivity contribution in [3.63, 3.8) is 0 Å². The van der Waals surface area contributed by atoms with Gasteiger partial charge < -0.3 is 5.32 Å². The van der Waals surface area contributed by atoms with Crippen molar-refractivity contribution in [3.8, 4) is 0 Å². The zero-order valence-electron chi connectivity index (χ0n) is 9.50. The van der Waals surface area contributed by atoms with Gasteiger partial charge in [-0.05, 0) is 32.0 Å². The number of anilines is 1. The van der Waals surface area contributed by atoms with Crippen molar-refractivity contribution in [2.45, 2.75) is 19.9 Å². The Morgan fingerprint density at radius 2 is 2.18 bits per heavy atom. The minimum Gasteiger partial charge on any atom is -0.377 e. The van der Waals surface area contributed by atoms with Gasteiger partial charge in [-0.3, -0.25) is 0 Å². The van der Waals surface area contributed by atoms with Crippen molar-refractivity contribution in [1.82, 2.24) is 4.98 Å². The van der Waals surface area contributed by atoms with Gasteiger partial charge in [0.1, 0.15) is 5.82 Å². The van der Waals surface area contributed by atoms with Crippen LogP contribution in [0.3, 0.4) is 0 Å². The first kappa shape index (κ1) is 12.3. The molecule has 0 saturated carbocycles. The molecule has 1 heterocycles. The molecular weight excluding hydrogens is 259 g/mol. The minimum atomic E-state index is -0.346. The van der Waals surface area contributed by atoms with E-state index < -0.39 is 0 Å². The van der Waals surface area contributed by atoms with Crippen molar-refractivity contribution >= 4 is 28.6 Å². The number of halogens is 2. The highest BCUT2D eigenvalue weighted by Gasteiger charge is 2.09. The average Bonchev–Trinajstić information content (AvgIpc) is 2.63. The van der Waals surface area contributed by atoms with Gasteiger partial charge in [-0.2, -0.15) is 0 Å². The summed E-state index contributed by atoms with van der Waals surface area (Å²) >= 11 is 7.39. The molecule has 0 spiro atoms. The Kier molecular flexibility index (Phi) is 3.64. The maximum atomic E-state index is 13.1. The first-order chi connectivity index (χ1) is 8.04. The van der Waals surface area contributed by atoms with Crippen LogP contribution in [0.1, 0.15) is 23.7 Å². The Labute approximate surface area is 108 Å². The van der Waals surface area contributed by atoms with Crippen LogP contribution < -0.4 is 5.32 Å². The number of aryl methyl sites for hydroxylation is 1. The molecule has 5 heteroatoms. The van der Waals surface area contributed by atoms with E-state index in [4.69, 9.17) is 11.6 Å². The van der Waals surface area contributed by atoms with Crippen molar-refractivity contribution in [3.05, 3.63) is 45.1 Å². The molecule has 2 nitrogen and oxygen atoms in total. The predicted molar refractivity (Wildman–Crippen MR) is 70.3 cm³/mol. The van der Waals surface area contributed by atoms with Crippen molar-refractivity contribution in [2.24, 2.45) is 0 Å². The molecule has 0 saturated heterocycles. The highest BCUT2D eigenvalue weighted by Crippen LogP contribution is 2.23. The first-order valence-corrected chi connectivity index (χ1v) is 6.45. The van der Waals surface area contributed by atoms with Gasteiger partial charge in [0.25, 0.3) is 0 Å². The maximum absolute atomic E-state index is 13.1. The lowest BCUT2D eigenvalue weighted by Crippen LogP contribution is -2.07. The molecule has 1 atom stereocenters. The number of rotatable bonds is 3. The SMILES string of the molecule is Cc1nc(C(C)Nc2cc(F)cc(Cl)c2)cs1. The van der Waals surface area contributed by atoms with Crippen molar-refractivity contribution < 1.29 is 4.39 Å². The van der Waals surface area contributed by atoms with Gasteiger partial charge in [0.2, 0.25) is 0 Å². The molecule has 0 amide bonds. The van der Waals surface area contributed by atoms with E-state index in [-0.39, 0.29) is 11.9 Å². The maximum Gasteiger partial charge on any atom is 0.126 e. The van der Waals surface area contributed by atoms with E-state index in [0.29, 0.717) is 10.7 Å². The second-order valence-electron chi connectivity index (χ2n) is 3.82. The Morgan fingerprint density at radius 3 is 2.76 bits per heavy atom. The van der Waals surface area contributed by atoms with E-state index in [9.17, 15) is 4.39 Å². The van der Waals surface area contributed by atoms with Crippen LogP contribution in [0.25, 0.3) is 0 Å². The lowest BCUT2D eigenvalue weighted by atomic mass is 10.2. The van der Waals surface area contributed by atoms with Crippen LogP contribution in [0.4, 0.5) is 10.1 Å². The number of nitrogens with zero attached hydrogens (tertiary/aromatic N) is 1. The van der Waals surface area contributed by atoms with Crippen LogP contribution in [0.15, 0.2) is 23.6 Å². The molecule has 1 N–H and O–H groups in total. The number of hydrogen-bond donors (Lipinski definition) is 1. The Bertz CT molecular complexity index is 507. The lowest BCUT2D eigenvalue weighted by Gasteiger charge is -2.13. The molecule has 1 aromatic carbocycles. The van der Waals surface area contributed by atoms with E-state index in [0.717, 1.165) is 10.7 Å². The lowest BCUT2D eigenvalue weighted by molar-refractivity contribution is 0.628. The van der Waals surface area contributed by atoms with Gasteiger partial charge >= 0.3 is 0 Å². The van der Waals surface area contributed by atoms with E-state index in [1.54, 1.807) is 17.4 Å². The summed E-state index contributed by atoms with van der Waals surface area (Å²) in [6.07, 6.45) is 0. The topological polar surface area (TPSA) is 24.9 Å². The molecule has 2 rings (SSSR count). The minimum absolute atomic E-state index is 0.0258. The molecule has 0 aliphatic rings. The van der Waals surface area contributed by atoms with Crippen LogP contribution in [0.5, 0.6) is 0 Å². The fourth-order valence-electron chi connectivity index (χ4n) is 1.54. The second-order valence-corrected chi connectivity index (χ2v) is 5.31. The summed E-state index contributed by atoms with van der Waals surface area (Å²) < 4.78 is 13.1. The third-order valence-corrected chi connectivity index (χ3v) is 3.34. The van der Waals surface area contributed by atoms with E-state index in [1.807, 2.05) is 19.2 Å². The van der Waals surface area contributed by atoms with E-state index in [2.05, 4.69) is 10.3 Å². The number of benzene rings is 1.